The monoisotopic (exact) mass is 398 g/mol. The van der Waals surface area contributed by atoms with Gasteiger partial charge in [-0.25, -0.2) is 0 Å². The van der Waals surface area contributed by atoms with E-state index in [-0.39, 0.29) is 30.2 Å². The third-order valence-corrected chi connectivity index (χ3v) is 6.31. The second-order valence-electron chi connectivity index (χ2n) is 8.40. The van der Waals surface area contributed by atoms with Gasteiger partial charge in [0.1, 0.15) is 0 Å². The molecule has 1 aliphatic heterocycles. The van der Waals surface area contributed by atoms with Gasteiger partial charge in [0.05, 0.1) is 12.5 Å². The lowest BCUT2D eigenvalue weighted by Crippen LogP contribution is -2.48. The Hall–Kier alpha value is -1.98. The van der Waals surface area contributed by atoms with Crippen LogP contribution in [0.2, 0.25) is 0 Å². The maximum absolute atomic E-state index is 13.2. The van der Waals surface area contributed by atoms with E-state index in [1.807, 2.05) is 36.4 Å². The third-order valence-electron chi connectivity index (χ3n) is 6.31. The number of nitrogens with two attached hydrogens (primary N) is 1. The van der Waals surface area contributed by atoms with Crippen molar-refractivity contribution in [2.45, 2.75) is 76.4 Å². The highest BCUT2D eigenvalue weighted by Gasteiger charge is 2.43. The van der Waals surface area contributed by atoms with Gasteiger partial charge in [-0.15, -0.1) is 0 Å². The highest BCUT2D eigenvalue weighted by atomic mass is 16.3. The van der Waals surface area contributed by atoms with Gasteiger partial charge in [0.2, 0.25) is 5.91 Å². The summed E-state index contributed by atoms with van der Waals surface area (Å²) in [5.74, 6) is -0.312. The molecule has 3 N–H and O–H groups in total. The molecule has 2 amide bonds. The van der Waals surface area contributed by atoms with Crippen LogP contribution in [0.4, 0.5) is 0 Å². The average molecular weight is 399 g/mol. The lowest BCUT2D eigenvalue weighted by atomic mass is 9.79. The van der Waals surface area contributed by atoms with Crippen LogP contribution in [0.1, 0.15) is 69.8 Å². The van der Waals surface area contributed by atoms with E-state index < -0.39 is 6.10 Å². The normalized spacial score (nSPS) is 25.0. The van der Waals surface area contributed by atoms with Crippen molar-refractivity contribution in [3.05, 3.63) is 41.5 Å². The lowest BCUT2D eigenvalue weighted by molar-refractivity contribution is -0.143. The van der Waals surface area contributed by atoms with Gasteiger partial charge >= 0.3 is 0 Å². The smallest absolute Gasteiger partial charge is 0.257 e. The van der Waals surface area contributed by atoms with E-state index in [0.29, 0.717) is 12.1 Å². The molecule has 0 bridgehead atoms. The summed E-state index contributed by atoms with van der Waals surface area (Å²) in [5, 5.41) is 10.6. The predicted molar refractivity (Wildman–Crippen MR) is 115 cm³/mol. The van der Waals surface area contributed by atoms with Crippen LogP contribution in [0.3, 0.4) is 0 Å². The summed E-state index contributed by atoms with van der Waals surface area (Å²) in [5.41, 5.74) is 7.07. The zero-order chi connectivity index (χ0) is 20.6. The van der Waals surface area contributed by atoms with Crippen molar-refractivity contribution < 1.29 is 14.7 Å². The Balaban J connectivity index is 1.77. The summed E-state index contributed by atoms with van der Waals surface area (Å²) in [4.78, 5) is 27.5. The van der Waals surface area contributed by atoms with Crippen molar-refractivity contribution in [1.82, 2.24) is 4.90 Å². The zero-order valence-electron chi connectivity index (χ0n) is 17.3. The van der Waals surface area contributed by atoms with E-state index in [4.69, 9.17) is 5.73 Å². The van der Waals surface area contributed by atoms with Gasteiger partial charge in [-0.1, -0.05) is 62.4 Å². The molecule has 1 heterocycles. The summed E-state index contributed by atoms with van der Waals surface area (Å²) in [6, 6.07) is 9.45. The molecule has 0 radical (unpaired) electrons. The highest BCUT2D eigenvalue weighted by molar-refractivity contribution is 6.15. The van der Waals surface area contributed by atoms with Gasteiger partial charge in [-0.2, -0.15) is 0 Å². The third kappa shape index (κ3) is 5.55. The maximum atomic E-state index is 13.2. The molecule has 2 fully saturated rings. The standard InChI is InChI=1S/C24H34N2O3/c25-15-9-2-1-6-13-21(20-12-7-8-14-22(20)27)26-23(28)17-19(24(26)29)16-18-10-4-3-5-11-18/h3-5,10-11,16,20-22,27H,1-2,6-9,12-15,17,25H2/b19-16+/t20-,21?,22-/m0/s1. The Morgan fingerprint density at radius 2 is 1.79 bits per heavy atom. The van der Waals surface area contributed by atoms with Gasteiger partial charge in [0.15, 0.2) is 0 Å². The molecule has 1 unspecified atom stereocenters. The van der Waals surface area contributed by atoms with Crippen LogP contribution in [0.5, 0.6) is 0 Å². The van der Waals surface area contributed by atoms with Crippen LogP contribution in [-0.4, -0.2) is 40.5 Å². The zero-order valence-corrected chi connectivity index (χ0v) is 17.3. The number of aliphatic hydroxyl groups is 1. The van der Waals surface area contributed by atoms with Crippen molar-refractivity contribution in [3.63, 3.8) is 0 Å². The molecular formula is C24H34N2O3. The highest BCUT2D eigenvalue weighted by Crippen LogP contribution is 2.35. The van der Waals surface area contributed by atoms with E-state index in [1.165, 1.54) is 4.90 Å². The minimum Gasteiger partial charge on any atom is -0.393 e. The van der Waals surface area contributed by atoms with Gasteiger partial charge in [0, 0.05) is 17.5 Å². The van der Waals surface area contributed by atoms with Crippen molar-refractivity contribution in [2.24, 2.45) is 11.7 Å². The first-order chi connectivity index (χ1) is 14.1. The Morgan fingerprint density at radius 1 is 1.07 bits per heavy atom. The number of nitrogens with zero attached hydrogens (tertiary/aromatic N) is 1. The van der Waals surface area contributed by atoms with E-state index in [9.17, 15) is 14.7 Å². The van der Waals surface area contributed by atoms with Crippen LogP contribution in [-0.2, 0) is 9.59 Å². The van der Waals surface area contributed by atoms with Crippen LogP contribution >= 0.6 is 0 Å². The number of aliphatic hydroxyl groups excluding tert-OH is 1. The molecule has 158 valence electrons. The summed E-state index contributed by atoms with van der Waals surface area (Å²) in [7, 11) is 0. The van der Waals surface area contributed by atoms with Gasteiger partial charge in [-0.05, 0) is 43.9 Å². The topological polar surface area (TPSA) is 83.6 Å². The Morgan fingerprint density at radius 3 is 2.52 bits per heavy atom. The Kier molecular flexibility index (Phi) is 8.01. The number of unbranched alkanes of at least 4 members (excludes halogenated alkanes) is 3. The maximum Gasteiger partial charge on any atom is 0.257 e. The predicted octanol–water partition coefficient (Wildman–Crippen LogP) is 3.66. The van der Waals surface area contributed by atoms with Crippen LogP contribution < -0.4 is 5.73 Å². The minimum atomic E-state index is -0.430. The lowest BCUT2D eigenvalue weighted by Gasteiger charge is -2.38. The molecule has 2 aliphatic rings. The molecular weight excluding hydrogens is 364 g/mol. The largest absolute Gasteiger partial charge is 0.393 e. The van der Waals surface area contributed by atoms with Crippen molar-refractivity contribution in [1.29, 1.82) is 0 Å². The Labute approximate surface area is 174 Å². The number of amides is 2. The molecule has 5 nitrogen and oxygen atoms in total. The number of carbonyl (C=O) groups excluding carboxylic acids is 2. The molecule has 1 aromatic rings. The first-order valence-electron chi connectivity index (χ1n) is 11.1. The summed E-state index contributed by atoms with van der Waals surface area (Å²) < 4.78 is 0. The van der Waals surface area contributed by atoms with Crippen molar-refractivity contribution >= 4 is 17.9 Å². The molecule has 3 rings (SSSR count). The van der Waals surface area contributed by atoms with Crippen molar-refractivity contribution in [2.75, 3.05) is 6.54 Å². The van der Waals surface area contributed by atoms with Crippen molar-refractivity contribution in [3.8, 4) is 0 Å². The van der Waals surface area contributed by atoms with E-state index in [1.54, 1.807) is 0 Å². The van der Waals surface area contributed by atoms with Gasteiger partial charge in [0.25, 0.3) is 5.91 Å². The number of rotatable bonds is 9. The number of hydrogen-bond acceptors (Lipinski definition) is 4. The SMILES string of the molecule is NCCCCCCC([C@@H]1CCCC[C@@H]1O)N1C(=O)C/C(=C\c2ccccc2)C1=O. The molecule has 1 saturated carbocycles. The fourth-order valence-electron chi connectivity index (χ4n) is 4.77. The second-order valence-corrected chi connectivity index (χ2v) is 8.40. The van der Waals surface area contributed by atoms with E-state index in [0.717, 1.165) is 63.4 Å². The summed E-state index contributed by atoms with van der Waals surface area (Å²) >= 11 is 0. The van der Waals surface area contributed by atoms with Crippen LogP contribution in [0.25, 0.3) is 6.08 Å². The fourth-order valence-corrected chi connectivity index (χ4v) is 4.77. The minimum absolute atomic E-state index is 0.0118. The van der Waals surface area contributed by atoms with Crippen LogP contribution in [0, 0.1) is 5.92 Å². The first kappa shape index (κ1) is 21.7. The number of hydrogen-bond donors (Lipinski definition) is 2. The second kappa shape index (κ2) is 10.7. The van der Waals surface area contributed by atoms with E-state index in [2.05, 4.69) is 0 Å². The quantitative estimate of drug-likeness (QED) is 0.378. The molecule has 3 atom stereocenters. The molecule has 1 aliphatic carbocycles. The number of likely N-dealkylation sites (tertiary alicyclic amines) is 1. The number of carbonyl (C=O) groups is 2. The van der Waals surface area contributed by atoms with Gasteiger partial charge < -0.3 is 10.8 Å². The molecule has 1 aromatic carbocycles. The average Bonchev–Trinajstić information content (AvgIpc) is 3.00. The van der Waals surface area contributed by atoms with Crippen LogP contribution in [0.15, 0.2) is 35.9 Å². The van der Waals surface area contributed by atoms with E-state index >= 15 is 0 Å². The fraction of sp³-hybridized carbons (Fsp3) is 0.583. The molecule has 0 spiro atoms. The molecule has 0 aromatic heterocycles. The molecule has 5 heteroatoms. The molecule has 29 heavy (non-hydrogen) atoms. The van der Waals surface area contributed by atoms with Gasteiger partial charge in [-0.3, -0.25) is 14.5 Å². The number of imide groups is 1. The Bertz CT molecular complexity index is 716. The number of benzene rings is 1. The molecule has 1 saturated heterocycles. The first-order valence-corrected chi connectivity index (χ1v) is 11.1. The summed E-state index contributed by atoms with van der Waals surface area (Å²) in [6.07, 6.45) is 10.1. The summed E-state index contributed by atoms with van der Waals surface area (Å²) in [6.45, 7) is 0.696.